The van der Waals surface area contributed by atoms with E-state index in [-0.39, 0.29) is 5.91 Å². The molecule has 0 bridgehead atoms. The van der Waals surface area contributed by atoms with E-state index in [0.29, 0.717) is 18.2 Å². The standard InChI is InChI=1S/C21H30N4O2/c1-5-16(2)24-21(22-13-12-19-7-6-14-27-19)23-15-17-8-10-18(11-9-17)20(26)25(3)4/h6-11,14,16H,5,12-13,15H2,1-4H3,(H2,22,23,24). The molecule has 0 radical (unpaired) electrons. The SMILES string of the molecule is CCC(C)NC(=NCc1ccc(C(=O)N(C)C)cc1)NCCc1ccco1. The Morgan fingerprint density at radius 3 is 2.56 bits per heavy atom. The summed E-state index contributed by atoms with van der Waals surface area (Å²) in [5, 5.41) is 6.77. The molecule has 2 aromatic rings. The molecule has 1 unspecified atom stereocenters. The minimum Gasteiger partial charge on any atom is -0.469 e. The number of aliphatic imine (C=N–C) groups is 1. The fraction of sp³-hybridized carbons (Fsp3) is 0.429. The zero-order chi connectivity index (χ0) is 19.6. The highest BCUT2D eigenvalue weighted by Gasteiger charge is 2.08. The summed E-state index contributed by atoms with van der Waals surface area (Å²) in [4.78, 5) is 18.2. The molecule has 0 fully saturated rings. The summed E-state index contributed by atoms with van der Waals surface area (Å²) < 4.78 is 5.36. The molecular weight excluding hydrogens is 340 g/mol. The molecular formula is C21H30N4O2. The van der Waals surface area contributed by atoms with Crippen molar-refractivity contribution in [3.8, 4) is 0 Å². The summed E-state index contributed by atoms with van der Waals surface area (Å²) in [5.74, 6) is 1.74. The van der Waals surface area contributed by atoms with Crippen LogP contribution in [-0.4, -0.2) is 43.4 Å². The highest BCUT2D eigenvalue weighted by molar-refractivity contribution is 5.93. The Labute approximate surface area is 161 Å². The van der Waals surface area contributed by atoms with E-state index < -0.39 is 0 Å². The maximum absolute atomic E-state index is 12.0. The van der Waals surface area contributed by atoms with Crippen LogP contribution in [0, 0.1) is 0 Å². The van der Waals surface area contributed by atoms with Crippen molar-refractivity contribution >= 4 is 11.9 Å². The molecule has 1 aromatic heterocycles. The van der Waals surface area contributed by atoms with Crippen LogP contribution in [0.2, 0.25) is 0 Å². The fourth-order valence-electron chi connectivity index (χ4n) is 2.43. The number of hydrogen-bond acceptors (Lipinski definition) is 3. The average Bonchev–Trinajstić information content (AvgIpc) is 3.19. The van der Waals surface area contributed by atoms with E-state index in [2.05, 4.69) is 29.5 Å². The molecule has 6 heteroatoms. The number of benzene rings is 1. The minimum absolute atomic E-state index is 0.00349. The molecule has 27 heavy (non-hydrogen) atoms. The molecule has 146 valence electrons. The van der Waals surface area contributed by atoms with Gasteiger partial charge in [-0.1, -0.05) is 19.1 Å². The Kier molecular flexibility index (Phi) is 7.92. The van der Waals surface area contributed by atoms with E-state index in [1.54, 1.807) is 25.3 Å². The zero-order valence-electron chi connectivity index (χ0n) is 16.7. The zero-order valence-corrected chi connectivity index (χ0v) is 16.7. The van der Waals surface area contributed by atoms with Gasteiger partial charge < -0.3 is 20.0 Å². The maximum atomic E-state index is 12.0. The number of guanidine groups is 1. The monoisotopic (exact) mass is 370 g/mol. The molecule has 1 atom stereocenters. The molecule has 0 saturated carbocycles. The number of rotatable bonds is 8. The van der Waals surface area contributed by atoms with Gasteiger partial charge in [0.1, 0.15) is 5.76 Å². The Morgan fingerprint density at radius 2 is 1.96 bits per heavy atom. The molecule has 1 heterocycles. The van der Waals surface area contributed by atoms with Gasteiger partial charge in [-0.2, -0.15) is 0 Å². The Balaban J connectivity index is 1.96. The largest absolute Gasteiger partial charge is 0.469 e. The van der Waals surface area contributed by atoms with E-state index >= 15 is 0 Å². The lowest BCUT2D eigenvalue weighted by Crippen LogP contribution is -2.42. The molecule has 2 N–H and O–H groups in total. The van der Waals surface area contributed by atoms with Gasteiger partial charge in [0.05, 0.1) is 12.8 Å². The first-order valence-corrected chi connectivity index (χ1v) is 9.37. The first kappa shape index (κ1) is 20.6. The fourth-order valence-corrected chi connectivity index (χ4v) is 2.43. The van der Waals surface area contributed by atoms with E-state index in [9.17, 15) is 4.79 Å². The third-order valence-electron chi connectivity index (χ3n) is 4.27. The number of furan rings is 1. The molecule has 1 amide bonds. The molecule has 0 aliphatic rings. The Bertz CT molecular complexity index is 721. The average molecular weight is 370 g/mol. The first-order chi connectivity index (χ1) is 13.0. The van der Waals surface area contributed by atoms with Crippen LogP contribution < -0.4 is 10.6 Å². The summed E-state index contributed by atoms with van der Waals surface area (Å²) in [6.45, 7) is 5.55. The van der Waals surface area contributed by atoms with Crippen LogP contribution in [-0.2, 0) is 13.0 Å². The van der Waals surface area contributed by atoms with Crippen molar-refractivity contribution in [1.82, 2.24) is 15.5 Å². The molecule has 1 aromatic carbocycles. The highest BCUT2D eigenvalue weighted by atomic mass is 16.3. The lowest BCUT2D eigenvalue weighted by atomic mass is 10.1. The normalized spacial score (nSPS) is 12.5. The van der Waals surface area contributed by atoms with Crippen LogP contribution in [0.1, 0.15) is 41.9 Å². The van der Waals surface area contributed by atoms with Gasteiger partial charge in [-0.15, -0.1) is 0 Å². The summed E-state index contributed by atoms with van der Waals surface area (Å²) in [6, 6.07) is 11.8. The second kappa shape index (κ2) is 10.4. The second-order valence-electron chi connectivity index (χ2n) is 6.77. The van der Waals surface area contributed by atoms with Gasteiger partial charge in [0, 0.05) is 38.7 Å². The molecule has 6 nitrogen and oxygen atoms in total. The van der Waals surface area contributed by atoms with Crippen molar-refractivity contribution in [2.45, 2.75) is 39.3 Å². The van der Waals surface area contributed by atoms with Gasteiger partial charge >= 0.3 is 0 Å². The summed E-state index contributed by atoms with van der Waals surface area (Å²) in [7, 11) is 3.50. The van der Waals surface area contributed by atoms with Crippen LogP contribution in [0.15, 0.2) is 52.1 Å². The smallest absolute Gasteiger partial charge is 0.253 e. The third kappa shape index (κ3) is 6.81. The van der Waals surface area contributed by atoms with Crippen LogP contribution in [0.3, 0.4) is 0 Å². The summed E-state index contributed by atoms with van der Waals surface area (Å²) in [5.41, 5.74) is 1.74. The minimum atomic E-state index is 0.00349. The van der Waals surface area contributed by atoms with Crippen molar-refractivity contribution < 1.29 is 9.21 Å². The maximum Gasteiger partial charge on any atom is 0.253 e. The number of nitrogens with zero attached hydrogens (tertiary/aromatic N) is 2. The summed E-state index contributed by atoms with van der Waals surface area (Å²) in [6.07, 6.45) is 3.50. The van der Waals surface area contributed by atoms with Crippen molar-refractivity contribution in [2.75, 3.05) is 20.6 Å². The van der Waals surface area contributed by atoms with E-state index in [1.807, 2.05) is 36.4 Å². The predicted molar refractivity (Wildman–Crippen MR) is 109 cm³/mol. The number of nitrogens with one attached hydrogen (secondary N) is 2. The predicted octanol–water partition coefficient (Wildman–Crippen LogP) is 3.06. The van der Waals surface area contributed by atoms with Gasteiger partial charge in [-0.3, -0.25) is 4.79 Å². The lowest BCUT2D eigenvalue weighted by Gasteiger charge is -2.17. The molecule has 0 aliphatic heterocycles. The van der Waals surface area contributed by atoms with Gasteiger partial charge in [-0.05, 0) is 43.2 Å². The van der Waals surface area contributed by atoms with Gasteiger partial charge in [0.2, 0.25) is 0 Å². The number of carbonyl (C=O) groups excluding carboxylic acids is 1. The van der Waals surface area contributed by atoms with Gasteiger partial charge in [-0.25, -0.2) is 4.99 Å². The van der Waals surface area contributed by atoms with E-state index in [1.165, 1.54) is 0 Å². The third-order valence-corrected chi connectivity index (χ3v) is 4.27. The van der Waals surface area contributed by atoms with Crippen molar-refractivity contribution in [2.24, 2.45) is 4.99 Å². The lowest BCUT2D eigenvalue weighted by molar-refractivity contribution is 0.0827. The van der Waals surface area contributed by atoms with Crippen LogP contribution in [0.4, 0.5) is 0 Å². The molecule has 0 saturated heterocycles. The number of hydrogen-bond donors (Lipinski definition) is 2. The molecule has 0 spiro atoms. The number of amides is 1. The van der Waals surface area contributed by atoms with E-state index in [0.717, 1.165) is 36.7 Å². The Hall–Kier alpha value is -2.76. The summed E-state index contributed by atoms with van der Waals surface area (Å²) >= 11 is 0. The van der Waals surface area contributed by atoms with Gasteiger partial charge in [0.15, 0.2) is 5.96 Å². The first-order valence-electron chi connectivity index (χ1n) is 9.37. The Morgan fingerprint density at radius 1 is 1.22 bits per heavy atom. The van der Waals surface area contributed by atoms with Gasteiger partial charge in [0.25, 0.3) is 5.91 Å². The quantitative estimate of drug-likeness (QED) is 0.553. The van der Waals surface area contributed by atoms with Crippen molar-refractivity contribution in [3.05, 3.63) is 59.5 Å². The topological polar surface area (TPSA) is 69.9 Å². The van der Waals surface area contributed by atoms with Crippen molar-refractivity contribution in [1.29, 1.82) is 0 Å². The molecule has 0 aliphatic carbocycles. The second-order valence-corrected chi connectivity index (χ2v) is 6.77. The van der Waals surface area contributed by atoms with Crippen LogP contribution in [0.25, 0.3) is 0 Å². The highest BCUT2D eigenvalue weighted by Crippen LogP contribution is 2.08. The van der Waals surface area contributed by atoms with Crippen molar-refractivity contribution in [3.63, 3.8) is 0 Å². The molecule has 2 rings (SSSR count). The number of carbonyl (C=O) groups is 1. The van der Waals surface area contributed by atoms with Crippen LogP contribution in [0.5, 0.6) is 0 Å². The van der Waals surface area contributed by atoms with E-state index in [4.69, 9.17) is 4.42 Å². The van der Waals surface area contributed by atoms with Crippen LogP contribution >= 0.6 is 0 Å².